The Balaban J connectivity index is 1.61. The number of halogens is 2. The van der Waals surface area contributed by atoms with Crippen LogP contribution in [-0.2, 0) is 9.59 Å². The van der Waals surface area contributed by atoms with Gasteiger partial charge in [0.25, 0.3) is 0 Å². The van der Waals surface area contributed by atoms with Gasteiger partial charge in [0, 0.05) is 21.6 Å². The molecule has 8 heteroatoms. The number of hydrogen-bond donors (Lipinski definition) is 1. The van der Waals surface area contributed by atoms with E-state index in [1.54, 1.807) is 24.3 Å². The minimum atomic E-state index is -0.486. The molecule has 2 fully saturated rings. The molecule has 1 aliphatic carbocycles. The molecule has 3 atom stereocenters. The van der Waals surface area contributed by atoms with E-state index in [1.807, 2.05) is 31.2 Å². The molecule has 0 radical (unpaired) electrons. The van der Waals surface area contributed by atoms with Gasteiger partial charge in [0.1, 0.15) is 6.54 Å². The summed E-state index contributed by atoms with van der Waals surface area (Å²) in [6.45, 7) is 1.85. The number of urea groups is 1. The number of rotatable bonds is 4. The molecular weight excluding hydrogens is 482 g/mol. The molecule has 1 aliphatic heterocycles. The van der Waals surface area contributed by atoms with Gasteiger partial charge in [-0.15, -0.1) is 0 Å². The topological polar surface area (TPSA) is 69.7 Å². The maximum Gasteiger partial charge on any atom is 0.332 e. The molecule has 1 saturated heterocycles. The highest BCUT2D eigenvalue weighted by Gasteiger charge is 2.49. The Bertz CT molecular complexity index is 1010. The lowest BCUT2D eigenvalue weighted by Gasteiger charge is -2.47. The number of alkyl halides is 1. The Morgan fingerprint density at radius 1 is 1.16 bits per heavy atom. The van der Waals surface area contributed by atoms with E-state index in [4.69, 9.17) is 11.6 Å². The minimum Gasteiger partial charge on any atom is -0.325 e. The molecule has 2 aliphatic rings. The molecule has 4 amide bonds. The number of nitrogens with one attached hydrogen (secondary N) is 1. The number of carbonyl (C=O) groups excluding carboxylic acids is 3. The first kappa shape index (κ1) is 21.8. The van der Waals surface area contributed by atoms with Crippen LogP contribution in [0.3, 0.4) is 0 Å². The first-order valence-electron chi connectivity index (χ1n) is 10.2. The standard InChI is InChI=1S/C23H23BrClN3O3/c1-14-5-8-17(9-6-14)26-21(29)13-27-20-10-7-15(24)11-19(20)22(30)28(23(27)31)18-4-2-3-16(25)12-18/h2-6,8-9,12,15,19-20H,7,10-11,13H2,1H3,(H,26,29). The van der Waals surface area contributed by atoms with Crippen LogP contribution in [0.1, 0.15) is 24.8 Å². The number of amides is 4. The summed E-state index contributed by atoms with van der Waals surface area (Å²) in [5.41, 5.74) is 2.18. The van der Waals surface area contributed by atoms with Gasteiger partial charge in [-0.05, 0) is 56.5 Å². The number of carbonyl (C=O) groups is 3. The summed E-state index contributed by atoms with van der Waals surface area (Å²) in [7, 11) is 0. The van der Waals surface area contributed by atoms with Crippen LogP contribution in [-0.4, -0.2) is 40.2 Å². The van der Waals surface area contributed by atoms with Gasteiger partial charge in [0.2, 0.25) is 11.8 Å². The quantitative estimate of drug-likeness (QED) is 0.597. The third kappa shape index (κ3) is 4.62. The Morgan fingerprint density at radius 2 is 1.90 bits per heavy atom. The second kappa shape index (κ2) is 9.01. The number of aryl methyl sites for hydroxylation is 1. The Kier molecular flexibility index (Phi) is 6.34. The Labute approximate surface area is 194 Å². The van der Waals surface area contributed by atoms with Gasteiger partial charge in [0.15, 0.2) is 0 Å². The van der Waals surface area contributed by atoms with Gasteiger partial charge in [-0.3, -0.25) is 9.59 Å². The number of fused-ring (bicyclic) bond motifs is 1. The molecule has 1 saturated carbocycles. The second-order valence-corrected chi connectivity index (χ2v) is 9.79. The van der Waals surface area contributed by atoms with Crippen molar-refractivity contribution in [3.63, 3.8) is 0 Å². The molecule has 0 aromatic heterocycles. The van der Waals surface area contributed by atoms with E-state index in [9.17, 15) is 14.4 Å². The number of benzene rings is 2. The number of hydrogen-bond acceptors (Lipinski definition) is 3. The van der Waals surface area contributed by atoms with Crippen LogP contribution < -0.4 is 10.2 Å². The highest BCUT2D eigenvalue weighted by atomic mass is 79.9. The summed E-state index contributed by atoms with van der Waals surface area (Å²) in [6.07, 6.45) is 2.12. The van der Waals surface area contributed by atoms with E-state index in [1.165, 1.54) is 4.90 Å². The Hall–Kier alpha value is -2.38. The van der Waals surface area contributed by atoms with Crippen molar-refractivity contribution in [1.29, 1.82) is 0 Å². The van der Waals surface area contributed by atoms with Crippen molar-refractivity contribution in [2.75, 3.05) is 16.8 Å². The van der Waals surface area contributed by atoms with Crippen molar-refractivity contribution in [3.05, 3.63) is 59.1 Å². The molecule has 2 aromatic carbocycles. The third-order valence-corrected chi connectivity index (χ3v) is 6.91. The van der Waals surface area contributed by atoms with Crippen molar-refractivity contribution >= 4 is 56.8 Å². The lowest BCUT2D eigenvalue weighted by molar-refractivity contribution is -0.128. The fourth-order valence-corrected chi connectivity index (χ4v) is 5.15. The summed E-state index contributed by atoms with van der Waals surface area (Å²) in [5.74, 6) is -0.907. The minimum absolute atomic E-state index is 0.120. The van der Waals surface area contributed by atoms with Crippen LogP contribution in [0.25, 0.3) is 0 Å². The van der Waals surface area contributed by atoms with E-state index in [-0.39, 0.29) is 35.1 Å². The summed E-state index contributed by atoms with van der Waals surface area (Å²) in [5, 5.41) is 3.29. The van der Waals surface area contributed by atoms with Gasteiger partial charge in [-0.25, -0.2) is 9.69 Å². The molecule has 0 spiro atoms. The predicted octanol–water partition coefficient (Wildman–Crippen LogP) is 4.99. The zero-order valence-corrected chi connectivity index (χ0v) is 19.4. The monoisotopic (exact) mass is 503 g/mol. The van der Waals surface area contributed by atoms with E-state index in [2.05, 4.69) is 21.2 Å². The van der Waals surface area contributed by atoms with Crippen molar-refractivity contribution in [2.45, 2.75) is 37.1 Å². The van der Waals surface area contributed by atoms with Crippen LogP contribution in [0.15, 0.2) is 48.5 Å². The maximum atomic E-state index is 13.4. The van der Waals surface area contributed by atoms with Gasteiger partial charge in [-0.1, -0.05) is 51.3 Å². The number of imide groups is 1. The fourth-order valence-electron chi connectivity index (χ4n) is 4.30. The predicted molar refractivity (Wildman–Crippen MR) is 125 cm³/mol. The van der Waals surface area contributed by atoms with Crippen LogP contribution >= 0.6 is 27.5 Å². The van der Waals surface area contributed by atoms with Crippen LogP contribution in [0.4, 0.5) is 16.2 Å². The van der Waals surface area contributed by atoms with Crippen LogP contribution in [0, 0.1) is 12.8 Å². The second-order valence-electron chi connectivity index (χ2n) is 8.06. The van der Waals surface area contributed by atoms with Gasteiger partial charge in [0.05, 0.1) is 11.6 Å². The first-order chi connectivity index (χ1) is 14.8. The number of nitrogens with zero attached hydrogens (tertiary/aromatic N) is 2. The highest BCUT2D eigenvalue weighted by molar-refractivity contribution is 9.09. The molecular formula is C23H23BrClN3O3. The summed E-state index contributed by atoms with van der Waals surface area (Å²) < 4.78 is 0. The van der Waals surface area contributed by atoms with E-state index < -0.39 is 6.03 Å². The van der Waals surface area contributed by atoms with Gasteiger partial charge in [-0.2, -0.15) is 0 Å². The van der Waals surface area contributed by atoms with Gasteiger partial charge < -0.3 is 10.2 Å². The molecule has 6 nitrogen and oxygen atoms in total. The smallest absolute Gasteiger partial charge is 0.325 e. The molecule has 2 aromatic rings. The zero-order valence-electron chi connectivity index (χ0n) is 17.1. The summed E-state index contributed by atoms with van der Waals surface area (Å²) in [6, 6.07) is 13.4. The molecule has 3 unspecified atom stereocenters. The summed E-state index contributed by atoms with van der Waals surface area (Å²) in [4.78, 5) is 42.4. The van der Waals surface area contributed by atoms with Crippen molar-refractivity contribution in [3.8, 4) is 0 Å². The molecule has 1 heterocycles. The van der Waals surface area contributed by atoms with Crippen LogP contribution in [0.5, 0.6) is 0 Å². The molecule has 1 N–H and O–H groups in total. The normalized spacial score (nSPS) is 23.5. The average Bonchev–Trinajstić information content (AvgIpc) is 2.73. The Morgan fingerprint density at radius 3 is 2.61 bits per heavy atom. The SMILES string of the molecule is Cc1ccc(NC(=O)CN2C(=O)N(c3cccc(Cl)c3)C(=O)C3CC(Br)CCC32)cc1. The highest BCUT2D eigenvalue weighted by Crippen LogP contribution is 2.39. The maximum absolute atomic E-state index is 13.4. The average molecular weight is 505 g/mol. The lowest BCUT2D eigenvalue weighted by atomic mass is 9.81. The third-order valence-electron chi connectivity index (χ3n) is 5.84. The van der Waals surface area contributed by atoms with Gasteiger partial charge >= 0.3 is 6.03 Å². The fraction of sp³-hybridized carbons (Fsp3) is 0.348. The summed E-state index contributed by atoms with van der Waals surface area (Å²) >= 11 is 9.73. The zero-order chi connectivity index (χ0) is 22.1. The van der Waals surface area contributed by atoms with E-state index in [0.717, 1.165) is 16.9 Å². The van der Waals surface area contributed by atoms with Crippen molar-refractivity contribution in [2.24, 2.45) is 5.92 Å². The van der Waals surface area contributed by atoms with Crippen molar-refractivity contribution in [1.82, 2.24) is 4.90 Å². The van der Waals surface area contributed by atoms with Crippen LogP contribution in [0.2, 0.25) is 5.02 Å². The van der Waals surface area contributed by atoms with Crippen molar-refractivity contribution < 1.29 is 14.4 Å². The molecule has 162 valence electrons. The molecule has 0 bridgehead atoms. The van der Waals surface area contributed by atoms with E-state index in [0.29, 0.717) is 29.2 Å². The largest absolute Gasteiger partial charge is 0.332 e. The lowest BCUT2D eigenvalue weighted by Crippen LogP contribution is -2.64. The number of anilines is 2. The molecule has 4 rings (SSSR count). The first-order valence-corrected chi connectivity index (χ1v) is 11.5. The van der Waals surface area contributed by atoms with E-state index >= 15 is 0 Å². The molecule has 31 heavy (non-hydrogen) atoms.